The predicted molar refractivity (Wildman–Crippen MR) is 48.3 cm³/mol. The van der Waals surface area contributed by atoms with Crippen LogP contribution in [0.3, 0.4) is 0 Å². The lowest BCUT2D eigenvalue weighted by Crippen LogP contribution is -2.44. The molecule has 0 saturated carbocycles. The molecule has 13 heavy (non-hydrogen) atoms. The number of carbonyl (C=O) groups excluding carboxylic acids is 1. The van der Waals surface area contributed by atoms with E-state index < -0.39 is 6.10 Å². The van der Waals surface area contributed by atoms with Crippen LogP contribution in [0.25, 0.3) is 0 Å². The van der Waals surface area contributed by atoms with E-state index in [0.29, 0.717) is 19.8 Å². The minimum atomic E-state index is -0.902. The average Bonchev–Trinajstić information content (AvgIpc) is 2.28. The molecule has 1 fully saturated rings. The summed E-state index contributed by atoms with van der Waals surface area (Å²) in [5, 5.41) is 9.15. The Kier molecular flexibility index (Phi) is 3.69. The van der Waals surface area contributed by atoms with E-state index in [1.165, 1.54) is 6.92 Å². The van der Waals surface area contributed by atoms with Gasteiger partial charge in [0.05, 0.1) is 12.6 Å². The molecule has 1 aliphatic heterocycles. The fourth-order valence-electron chi connectivity index (χ4n) is 1.47. The first-order valence-electron chi connectivity index (χ1n) is 4.69. The second-order valence-electron chi connectivity index (χ2n) is 3.49. The van der Waals surface area contributed by atoms with Gasteiger partial charge in [0.25, 0.3) is 5.91 Å². The maximum atomic E-state index is 11.5. The molecule has 1 saturated heterocycles. The van der Waals surface area contributed by atoms with Crippen molar-refractivity contribution in [1.29, 1.82) is 0 Å². The highest BCUT2D eigenvalue weighted by Crippen LogP contribution is 2.08. The zero-order chi connectivity index (χ0) is 9.84. The minimum absolute atomic E-state index is 0.0737. The summed E-state index contributed by atoms with van der Waals surface area (Å²) in [7, 11) is 0. The highest BCUT2D eigenvalue weighted by atomic mass is 16.5. The van der Waals surface area contributed by atoms with Crippen LogP contribution in [-0.4, -0.2) is 47.8 Å². The van der Waals surface area contributed by atoms with Gasteiger partial charge in [0.1, 0.15) is 6.10 Å². The van der Waals surface area contributed by atoms with Gasteiger partial charge in [-0.3, -0.25) is 4.79 Å². The van der Waals surface area contributed by atoms with Crippen molar-refractivity contribution >= 4 is 5.91 Å². The van der Waals surface area contributed by atoms with Crippen LogP contribution in [0, 0.1) is 0 Å². The van der Waals surface area contributed by atoms with Gasteiger partial charge in [-0.1, -0.05) is 0 Å². The van der Waals surface area contributed by atoms with Crippen LogP contribution < -0.4 is 0 Å². The number of hydrogen-bond donors (Lipinski definition) is 1. The van der Waals surface area contributed by atoms with Crippen molar-refractivity contribution in [3.63, 3.8) is 0 Å². The maximum absolute atomic E-state index is 11.5. The van der Waals surface area contributed by atoms with E-state index in [9.17, 15) is 4.79 Å². The normalized spacial score (nSPS) is 26.7. The first-order valence-corrected chi connectivity index (χ1v) is 4.69. The van der Waals surface area contributed by atoms with Gasteiger partial charge in [0, 0.05) is 13.2 Å². The van der Waals surface area contributed by atoms with E-state index in [1.807, 2.05) is 6.92 Å². The molecule has 0 radical (unpaired) electrons. The van der Waals surface area contributed by atoms with Gasteiger partial charge in [-0.2, -0.15) is 0 Å². The Hall–Kier alpha value is -0.610. The van der Waals surface area contributed by atoms with E-state index in [1.54, 1.807) is 4.90 Å². The van der Waals surface area contributed by atoms with Crippen LogP contribution in [0.4, 0.5) is 0 Å². The number of aliphatic hydroxyl groups is 1. The Labute approximate surface area is 78.5 Å². The SMILES string of the molecule is CC1COCCCN1C(=O)[C@H](C)O. The molecule has 76 valence electrons. The van der Waals surface area contributed by atoms with Crippen LogP contribution in [-0.2, 0) is 9.53 Å². The molecule has 0 aliphatic carbocycles. The van der Waals surface area contributed by atoms with Crippen molar-refractivity contribution in [2.45, 2.75) is 32.4 Å². The summed E-state index contributed by atoms with van der Waals surface area (Å²) >= 11 is 0. The third kappa shape index (κ3) is 2.67. The van der Waals surface area contributed by atoms with Gasteiger partial charge in [-0.25, -0.2) is 0 Å². The van der Waals surface area contributed by atoms with Crippen molar-refractivity contribution in [1.82, 2.24) is 4.90 Å². The summed E-state index contributed by atoms with van der Waals surface area (Å²) < 4.78 is 5.29. The first-order chi connectivity index (χ1) is 6.13. The van der Waals surface area contributed by atoms with Crippen molar-refractivity contribution in [2.24, 2.45) is 0 Å². The molecule has 0 spiro atoms. The van der Waals surface area contributed by atoms with Crippen LogP contribution in [0.2, 0.25) is 0 Å². The van der Waals surface area contributed by atoms with Gasteiger partial charge in [0.2, 0.25) is 0 Å². The molecule has 0 aromatic heterocycles. The molecule has 1 N–H and O–H groups in total. The summed E-state index contributed by atoms with van der Waals surface area (Å²) in [5.74, 6) is -0.196. The number of ether oxygens (including phenoxy) is 1. The van der Waals surface area contributed by atoms with E-state index in [-0.39, 0.29) is 11.9 Å². The fourth-order valence-corrected chi connectivity index (χ4v) is 1.47. The highest BCUT2D eigenvalue weighted by Gasteiger charge is 2.24. The van der Waals surface area contributed by atoms with Crippen molar-refractivity contribution in [2.75, 3.05) is 19.8 Å². The summed E-state index contributed by atoms with van der Waals surface area (Å²) in [5.41, 5.74) is 0. The molecule has 1 amide bonds. The van der Waals surface area contributed by atoms with Gasteiger partial charge in [0.15, 0.2) is 0 Å². The van der Waals surface area contributed by atoms with E-state index >= 15 is 0 Å². The Balaban J connectivity index is 2.58. The van der Waals surface area contributed by atoms with Crippen LogP contribution in [0.5, 0.6) is 0 Å². The number of nitrogens with zero attached hydrogens (tertiary/aromatic N) is 1. The fraction of sp³-hybridized carbons (Fsp3) is 0.889. The smallest absolute Gasteiger partial charge is 0.251 e. The maximum Gasteiger partial charge on any atom is 0.251 e. The molecule has 4 heteroatoms. The topological polar surface area (TPSA) is 49.8 Å². The molecule has 0 aromatic carbocycles. The number of aliphatic hydroxyl groups excluding tert-OH is 1. The number of hydrogen-bond acceptors (Lipinski definition) is 3. The standard InChI is InChI=1S/C9H17NO3/c1-7-6-13-5-3-4-10(7)9(12)8(2)11/h7-8,11H,3-6H2,1-2H3/t7?,8-/m0/s1. The quantitative estimate of drug-likeness (QED) is 0.629. The number of rotatable bonds is 1. The molecule has 1 heterocycles. The largest absolute Gasteiger partial charge is 0.384 e. The molecular weight excluding hydrogens is 170 g/mol. The summed E-state index contributed by atoms with van der Waals surface area (Å²) in [4.78, 5) is 13.2. The van der Waals surface area contributed by atoms with Gasteiger partial charge in [-0.15, -0.1) is 0 Å². The monoisotopic (exact) mass is 187 g/mol. The minimum Gasteiger partial charge on any atom is -0.384 e. The predicted octanol–water partition coefficient (Wildman–Crippen LogP) is 0.00460. The lowest BCUT2D eigenvalue weighted by Gasteiger charge is -2.27. The average molecular weight is 187 g/mol. The zero-order valence-corrected chi connectivity index (χ0v) is 8.19. The van der Waals surface area contributed by atoms with Gasteiger partial charge in [-0.05, 0) is 20.3 Å². The van der Waals surface area contributed by atoms with Crippen molar-refractivity contribution in [3.8, 4) is 0 Å². The van der Waals surface area contributed by atoms with E-state index in [4.69, 9.17) is 9.84 Å². The second-order valence-corrected chi connectivity index (χ2v) is 3.49. The molecule has 1 unspecified atom stereocenters. The van der Waals surface area contributed by atoms with Crippen molar-refractivity contribution in [3.05, 3.63) is 0 Å². The molecule has 1 rings (SSSR count). The third-order valence-corrected chi connectivity index (χ3v) is 2.22. The second kappa shape index (κ2) is 4.58. The summed E-state index contributed by atoms with van der Waals surface area (Å²) in [6.07, 6.45) is -0.0523. The molecule has 1 aliphatic rings. The van der Waals surface area contributed by atoms with Crippen LogP contribution in [0.15, 0.2) is 0 Å². The Bertz CT molecular complexity index is 182. The lowest BCUT2D eigenvalue weighted by atomic mass is 10.2. The molecule has 4 nitrogen and oxygen atoms in total. The van der Waals surface area contributed by atoms with E-state index in [0.717, 1.165) is 6.42 Å². The van der Waals surface area contributed by atoms with Crippen molar-refractivity contribution < 1.29 is 14.6 Å². The zero-order valence-electron chi connectivity index (χ0n) is 8.19. The molecule has 0 aromatic rings. The summed E-state index contributed by atoms with van der Waals surface area (Å²) in [6.45, 7) is 5.39. The van der Waals surface area contributed by atoms with Crippen LogP contribution >= 0.6 is 0 Å². The third-order valence-electron chi connectivity index (χ3n) is 2.22. The lowest BCUT2D eigenvalue weighted by molar-refractivity contribution is -0.141. The van der Waals surface area contributed by atoms with Gasteiger partial charge >= 0.3 is 0 Å². The highest BCUT2D eigenvalue weighted by molar-refractivity contribution is 5.80. The Morgan fingerprint density at radius 3 is 3.00 bits per heavy atom. The first kappa shape index (κ1) is 10.5. The number of amides is 1. The van der Waals surface area contributed by atoms with E-state index in [2.05, 4.69) is 0 Å². The molecular formula is C9H17NO3. The Morgan fingerprint density at radius 1 is 1.69 bits per heavy atom. The summed E-state index contributed by atoms with van der Waals surface area (Å²) in [6, 6.07) is 0.0737. The van der Waals surface area contributed by atoms with Gasteiger partial charge < -0.3 is 14.7 Å². The van der Waals surface area contributed by atoms with Crippen LogP contribution in [0.1, 0.15) is 20.3 Å². The molecule has 0 bridgehead atoms. The Morgan fingerprint density at radius 2 is 2.38 bits per heavy atom. The molecule has 2 atom stereocenters. The number of carbonyl (C=O) groups is 1.